The lowest BCUT2D eigenvalue weighted by molar-refractivity contribution is -0.102. The minimum atomic E-state index is -0.213. The van der Waals surface area contributed by atoms with E-state index in [2.05, 4.69) is 31.4 Å². The summed E-state index contributed by atoms with van der Waals surface area (Å²) in [6.07, 6.45) is 4.55. The van der Waals surface area contributed by atoms with Gasteiger partial charge in [0.2, 0.25) is 0 Å². The molecule has 0 bridgehead atoms. The fourth-order valence-corrected chi connectivity index (χ4v) is 3.66. The predicted molar refractivity (Wildman–Crippen MR) is 85.0 cm³/mol. The molecule has 0 heterocycles. The number of methoxy groups -OCH3 is 1. The molecule has 1 fully saturated rings. The molecule has 3 unspecified atom stereocenters. The zero-order valence-corrected chi connectivity index (χ0v) is 13.4. The van der Waals surface area contributed by atoms with E-state index in [1.165, 1.54) is 12.8 Å². The highest BCUT2D eigenvalue weighted by atomic mass is 16.5. The largest absolute Gasteiger partial charge is 0.497 e. The molecule has 118 valence electrons. The molecule has 0 aliphatic heterocycles. The lowest BCUT2D eigenvalue weighted by Crippen LogP contribution is -2.51. The van der Waals surface area contributed by atoms with Crippen molar-refractivity contribution in [2.24, 2.45) is 11.8 Å². The van der Waals surface area contributed by atoms with Gasteiger partial charge in [-0.3, -0.25) is 11.3 Å². The molecule has 1 aromatic rings. The van der Waals surface area contributed by atoms with Gasteiger partial charge in [0.1, 0.15) is 5.75 Å². The lowest BCUT2D eigenvalue weighted by atomic mass is 9.73. The fraction of sp³-hybridized carbons (Fsp3) is 0.647. The first-order valence-electron chi connectivity index (χ1n) is 7.89. The summed E-state index contributed by atoms with van der Waals surface area (Å²) in [5, 5.41) is 0. The third kappa shape index (κ3) is 3.57. The van der Waals surface area contributed by atoms with Gasteiger partial charge in [-0.05, 0) is 43.4 Å². The molecular formula is C17H28N2O2. The molecule has 0 amide bonds. The molecule has 2 rings (SSSR count). The van der Waals surface area contributed by atoms with Gasteiger partial charge in [0.15, 0.2) is 0 Å². The van der Waals surface area contributed by atoms with Crippen LogP contribution in [0.15, 0.2) is 24.3 Å². The van der Waals surface area contributed by atoms with Crippen LogP contribution in [-0.4, -0.2) is 19.3 Å². The molecule has 4 heteroatoms. The minimum absolute atomic E-state index is 0.00565. The van der Waals surface area contributed by atoms with Gasteiger partial charge < -0.3 is 9.47 Å². The Morgan fingerprint density at radius 1 is 1.38 bits per heavy atom. The third-order valence-corrected chi connectivity index (χ3v) is 4.56. The number of hydrogen-bond acceptors (Lipinski definition) is 4. The van der Waals surface area contributed by atoms with E-state index in [1.54, 1.807) is 7.11 Å². The number of hydrazine groups is 1. The molecule has 0 saturated heterocycles. The summed E-state index contributed by atoms with van der Waals surface area (Å²) in [6.45, 7) is 5.07. The Bertz CT molecular complexity index is 431. The van der Waals surface area contributed by atoms with Crippen molar-refractivity contribution in [3.63, 3.8) is 0 Å². The van der Waals surface area contributed by atoms with Crippen LogP contribution >= 0.6 is 0 Å². The van der Waals surface area contributed by atoms with Crippen LogP contribution in [0, 0.1) is 5.92 Å². The first kappa shape index (κ1) is 16.3. The summed E-state index contributed by atoms with van der Waals surface area (Å²) >= 11 is 0. The second-order valence-electron chi connectivity index (χ2n) is 6.07. The molecule has 4 nitrogen and oxygen atoms in total. The SMILES string of the molecule is CCOC1(C(NN)c2ccc(OC)cc2)CCCC(C)C1. The number of nitrogens with one attached hydrogen (secondary N) is 1. The molecule has 1 saturated carbocycles. The van der Waals surface area contributed by atoms with Gasteiger partial charge in [0, 0.05) is 6.61 Å². The van der Waals surface area contributed by atoms with Gasteiger partial charge in [-0.25, -0.2) is 0 Å². The normalized spacial score (nSPS) is 27.3. The Hall–Kier alpha value is -1.10. The Morgan fingerprint density at radius 2 is 2.10 bits per heavy atom. The highest BCUT2D eigenvalue weighted by molar-refractivity contribution is 5.31. The summed E-state index contributed by atoms with van der Waals surface area (Å²) in [5.41, 5.74) is 3.95. The number of ether oxygens (including phenoxy) is 2. The van der Waals surface area contributed by atoms with E-state index < -0.39 is 0 Å². The van der Waals surface area contributed by atoms with Crippen molar-refractivity contribution in [3.8, 4) is 5.75 Å². The van der Waals surface area contributed by atoms with E-state index >= 15 is 0 Å². The molecule has 21 heavy (non-hydrogen) atoms. The van der Waals surface area contributed by atoms with Crippen LogP contribution in [-0.2, 0) is 4.74 Å². The molecule has 0 radical (unpaired) electrons. The molecule has 1 aliphatic carbocycles. The molecule has 1 aliphatic rings. The summed E-state index contributed by atoms with van der Waals surface area (Å²) in [5.74, 6) is 7.43. The number of rotatable bonds is 6. The highest BCUT2D eigenvalue weighted by Gasteiger charge is 2.43. The predicted octanol–water partition coefficient (Wildman–Crippen LogP) is 3.19. The van der Waals surface area contributed by atoms with Crippen LogP contribution in [0.5, 0.6) is 5.75 Å². The van der Waals surface area contributed by atoms with Crippen LogP contribution in [0.4, 0.5) is 0 Å². The average molecular weight is 292 g/mol. The topological polar surface area (TPSA) is 56.5 Å². The van der Waals surface area contributed by atoms with Crippen molar-refractivity contribution in [2.45, 2.75) is 51.2 Å². The van der Waals surface area contributed by atoms with E-state index in [-0.39, 0.29) is 11.6 Å². The van der Waals surface area contributed by atoms with E-state index in [0.717, 1.165) is 24.2 Å². The molecule has 0 aromatic heterocycles. The summed E-state index contributed by atoms with van der Waals surface area (Å²) < 4.78 is 11.5. The summed E-state index contributed by atoms with van der Waals surface area (Å²) in [4.78, 5) is 0. The zero-order valence-electron chi connectivity index (χ0n) is 13.4. The number of benzene rings is 1. The third-order valence-electron chi connectivity index (χ3n) is 4.56. The lowest BCUT2D eigenvalue weighted by Gasteiger charge is -2.45. The standard InChI is InChI=1S/C17H28N2O2/c1-4-21-17(11-5-6-13(2)12-17)16(19-18)14-7-9-15(20-3)10-8-14/h7-10,13,16,19H,4-6,11-12,18H2,1-3H3. The van der Waals surface area contributed by atoms with Crippen molar-refractivity contribution >= 4 is 0 Å². The summed E-state index contributed by atoms with van der Waals surface area (Å²) in [6, 6.07) is 8.11. The van der Waals surface area contributed by atoms with Gasteiger partial charge in [-0.2, -0.15) is 0 Å². The van der Waals surface area contributed by atoms with Crippen LogP contribution in [0.3, 0.4) is 0 Å². The van der Waals surface area contributed by atoms with Crippen LogP contribution < -0.4 is 16.0 Å². The van der Waals surface area contributed by atoms with E-state index in [0.29, 0.717) is 12.5 Å². The molecular weight excluding hydrogens is 264 g/mol. The van der Waals surface area contributed by atoms with E-state index in [1.807, 2.05) is 12.1 Å². The van der Waals surface area contributed by atoms with Crippen LogP contribution in [0.2, 0.25) is 0 Å². The van der Waals surface area contributed by atoms with Crippen molar-refractivity contribution in [3.05, 3.63) is 29.8 Å². The Kier molecular flexibility index (Phi) is 5.62. The zero-order chi connectivity index (χ0) is 15.3. The number of nitrogens with two attached hydrogens (primary N) is 1. The van der Waals surface area contributed by atoms with Gasteiger partial charge in [-0.15, -0.1) is 0 Å². The second kappa shape index (κ2) is 7.25. The first-order valence-corrected chi connectivity index (χ1v) is 7.89. The fourth-order valence-electron chi connectivity index (χ4n) is 3.66. The quantitative estimate of drug-likeness (QED) is 0.624. The molecule has 3 atom stereocenters. The first-order chi connectivity index (χ1) is 10.1. The van der Waals surface area contributed by atoms with Crippen molar-refractivity contribution in [1.29, 1.82) is 0 Å². The van der Waals surface area contributed by atoms with E-state index in [4.69, 9.17) is 15.3 Å². The maximum absolute atomic E-state index is 6.23. The van der Waals surface area contributed by atoms with Crippen molar-refractivity contribution in [2.75, 3.05) is 13.7 Å². The Balaban J connectivity index is 2.29. The second-order valence-corrected chi connectivity index (χ2v) is 6.07. The molecule has 0 spiro atoms. The van der Waals surface area contributed by atoms with Crippen LogP contribution in [0.25, 0.3) is 0 Å². The van der Waals surface area contributed by atoms with Gasteiger partial charge in [0.25, 0.3) is 0 Å². The molecule has 1 aromatic carbocycles. The average Bonchev–Trinajstić information content (AvgIpc) is 2.49. The highest BCUT2D eigenvalue weighted by Crippen LogP contribution is 2.43. The number of hydrogen-bond donors (Lipinski definition) is 2. The van der Waals surface area contributed by atoms with Crippen LogP contribution in [0.1, 0.15) is 51.1 Å². The van der Waals surface area contributed by atoms with E-state index in [9.17, 15) is 0 Å². The maximum Gasteiger partial charge on any atom is 0.118 e. The van der Waals surface area contributed by atoms with Crippen molar-refractivity contribution in [1.82, 2.24) is 5.43 Å². The Labute approximate surface area is 128 Å². The monoisotopic (exact) mass is 292 g/mol. The minimum Gasteiger partial charge on any atom is -0.497 e. The maximum atomic E-state index is 6.23. The smallest absolute Gasteiger partial charge is 0.118 e. The summed E-state index contributed by atoms with van der Waals surface area (Å²) in [7, 11) is 1.68. The van der Waals surface area contributed by atoms with Gasteiger partial charge in [-0.1, -0.05) is 31.9 Å². The molecule has 3 N–H and O–H groups in total. The van der Waals surface area contributed by atoms with Gasteiger partial charge >= 0.3 is 0 Å². The van der Waals surface area contributed by atoms with Crippen molar-refractivity contribution < 1.29 is 9.47 Å². The van der Waals surface area contributed by atoms with Gasteiger partial charge in [0.05, 0.1) is 18.8 Å². The Morgan fingerprint density at radius 3 is 2.62 bits per heavy atom.